The highest BCUT2D eigenvalue weighted by Gasteiger charge is 2.34. The second-order valence-electron chi connectivity index (χ2n) is 6.19. The van der Waals surface area contributed by atoms with Crippen LogP contribution in [-0.4, -0.2) is 29.3 Å². The highest BCUT2D eigenvalue weighted by molar-refractivity contribution is 9.10. The van der Waals surface area contributed by atoms with Gasteiger partial charge in [0.1, 0.15) is 5.82 Å². The summed E-state index contributed by atoms with van der Waals surface area (Å²) in [6.07, 6.45) is 0.630. The SMILES string of the molecule is CC(C)(C)N1CCC(c2cc(Cl)c(Br)cc2F)C(=O)C1. The van der Waals surface area contributed by atoms with E-state index in [0.717, 1.165) is 6.54 Å². The Labute approximate surface area is 132 Å². The zero-order valence-corrected chi connectivity index (χ0v) is 14.2. The molecule has 0 amide bonds. The Morgan fingerprint density at radius 2 is 2.05 bits per heavy atom. The summed E-state index contributed by atoms with van der Waals surface area (Å²) in [5, 5.41) is 0.437. The molecule has 1 aliphatic heterocycles. The van der Waals surface area contributed by atoms with Crippen LogP contribution in [0.2, 0.25) is 5.02 Å². The summed E-state index contributed by atoms with van der Waals surface area (Å²) in [4.78, 5) is 14.5. The fourth-order valence-corrected chi connectivity index (χ4v) is 3.02. The Morgan fingerprint density at radius 1 is 1.40 bits per heavy atom. The van der Waals surface area contributed by atoms with Gasteiger partial charge in [-0.2, -0.15) is 0 Å². The maximum atomic E-state index is 14.1. The maximum absolute atomic E-state index is 14.1. The van der Waals surface area contributed by atoms with Crippen molar-refractivity contribution in [3.63, 3.8) is 0 Å². The van der Waals surface area contributed by atoms with E-state index in [2.05, 4.69) is 41.6 Å². The molecule has 0 saturated carbocycles. The third-order valence-electron chi connectivity index (χ3n) is 3.79. The topological polar surface area (TPSA) is 20.3 Å². The zero-order valence-electron chi connectivity index (χ0n) is 11.8. The summed E-state index contributed by atoms with van der Waals surface area (Å²) >= 11 is 9.21. The molecule has 0 N–H and O–H groups in total. The first-order valence-electron chi connectivity index (χ1n) is 6.62. The molecule has 0 aliphatic carbocycles. The molecular formula is C15H18BrClFNO. The van der Waals surface area contributed by atoms with Gasteiger partial charge in [-0.15, -0.1) is 0 Å². The third kappa shape index (κ3) is 3.23. The van der Waals surface area contributed by atoms with Crippen molar-refractivity contribution < 1.29 is 9.18 Å². The van der Waals surface area contributed by atoms with E-state index in [4.69, 9.17) is 11.6 Å². The second-order valence-corrected chi connectivity index (χ2v) is 7.45. The molecule has 0 radical (unpaired) electrons. The van der Waals surface area contributed by atoms with Crippen LogP contribution in [0.1, 0.15) is 38.7 Å². The summed E-state index contributed by atoms with van der Waals surface area (Å²) in [6.45, 7) is 7.39. The van der Waals surface area contributed by atoms with Crippen LogP contribution in [0.3, 0.4) is 0 Å². The monoisotopic (exact) mass is 361 g/mol. The van der Waals surface area contributed by atoms with Crippen molar-refractivity contribution in [3.05, 3.63) is 33.0 Å². The number of halogens is 3. The number of likely N-dealkylation sites (tertiary alicyclic amines) is 1. The highest BCUT2D eigenvalue weighted by Crippen LogP contribution is 2.34. The van der Waals surface area contributed by atoms with Crippen molar-refractivity contribution in [1.82, 2.24) is 4.90 Å². The van der Waals surface area contributed by atoms with Gasteiger partial charge in [0.2, 0.25) is 0 Å². The Hall–Kier alpha value is -0.450. The maximum Gasteiger partial charge on any atom is 0.154 e. The van der Waals surface area contributed by atoms with Crippen molar-refractivity contribution >= 4 is 33.3 Å². The summed E-state index contributed by atoms with van der Waals surface area (Å²) in [6, 6.07) is 2.90. The van der Waals surface area contributed by atoms with E-state index in [0.29, 0.717) is 28.0 Å². The van der Waals surface area contributed by atoms with Gasteiger partial charge in [0, 0.05) is 22.5 Å². The number of benzene rings is 1. The van der Waals surface area contributed by atoms with E-state index in [1.165, 1.54) is 6.07 Å². The smallest absolute Gasteiger partial charge is 0.154 e. The minimum Gasteiger partial charge on any atom is -0.298 e. The van der Waals surface area contributed by atoms with Crippen LogP contribution in [0.5, 0.6) is 0 Å². The molecule has 1 heterocycles. The standard InChI is InChI=1S/C15H18BrClFNO/c1-15(2,3)19-5-4-9(14(20)8-19)10-6-12(17)11(16)7-13(10)18/h6-7,9H,4-5,8H2,1-3H3. The molecule has 1 atom stereocenters. The Kier molecular flexibility index (Phi) is 4.57. The van der Waals surface area contributed by atoms with Crippen LogP contribution in [0, 0.1) is 5.82 Å². The van der Waals surface area contributed by atoms with Crippen LogP contribution in [0.15, 0.2) is 16.6 Å². The first-order valence-corrected chi connectivity index (χ1v) is 7.79. The Morgan fingerprint density at radius 3 is 2.60 bits per heavy atom. The minimum absolute atomic E-state index is 0.0451. The van der Waals surface area contributed by atoms with Crippen LogP contribution in [0.4, 0.5) is 4.39 Å². The first-order chi connectivity index (χ1) is 9.20. The van der Waals surface area contributed by atoms with Gasteiger partial charge in [0.15, 0.2) is 5.78 Å². The van der Waals surface area contributed by atoms with Gasteiger partial charge in [-0.1, -0.05) is 11.6 Å². The number of carbonyl (C=O) groups is 1. The Balaban J connectivity index is 2.24. The fraction of sp³-hybridized carbons (Fsp3) is 0.533. The zero-order chi connectivity index (χ0) is 15.1. The summed E-state index contributed by atoms with van der Waals surface area (Å²) in [5.74, 6) is -0.702. The lowest BCUT2D eigenvalue weighted by atomic mass is 9.86. The predicted octanol–water partition coefficient (Wildman–Crippen LogP) is 4.40. The molecule has 1 unspecified atom stereocenters. The number of ketones is 1. The molecule has 1 saturated heterocycles. The lowest BCUT2D eigenvalue weighted by Crippen LogP contribution is -2.49. The molecule has 20 heavy (non-hydrogen) atoms. The van der Waals surface area contributed by atoms with E-state index in [9.17, 15) is 9.18 Å². The van der Waals surface area contributed by atoms with Crippen molar-refractivity contribution in [2.75, 3.05) is 13.1 Å². The second kappa shape index (κ2) is 5.74. The molecule has 1 fully saturated rings. The number of Topliss-reactive ketones (excluding diaryl/α,β-unsaturated/α-hetero) is 1. The van der Waals surface area contributed by atoms with E-state index in [1.807, 2.05) is 0 Å². The van der Waals surface area contributed by atoms with Crippen LogP contribution < -0.4 is 0 Å². The molecule has 2 rings (SSSR count). The van der Waals surface area contributed by atoms with Crippen molar-refractivity contribution in [1.29, 1.82) is 0 Å². The molecule has 1 aromatic rings. The molecule has 1 aliphatic rings. The highest BCUT2D eigenvalue weighted by atomic mass is 79.9. The Bertz CT molecular complexity index is 541. The van der Waals surface area contributed by atoms with Gasteiger partial charge < -0.3 is 0 Å². The van der Waals surface area contributed by atoms with E-state index in [1.54, 1.807) is 6.07 Å². The van der Waals surface area contributed by atoms with Crippen LogP contribution >= 0.6 is 27.5 Å². The van der Waals surface area contributed by atoms with Crippen molar-refractivity contribution in [2.45, 2.75) is 38.6 Å². The van der Waals surface area contributed by atoms with Crippen LogP contribution in [0.25, 0.3) is 0 Å². The molecule has 5 heteroatoms. The molecule has 110 valence electrons. The molecule has 0 spiro atoms. The molecule has 2 nitrogen and oxygen atoms in total. The number of carbonyl (C=O) groups excluding carboxylic acids is 1. The number of hydrogen-bond acceptors (Lipinski definition) is 2. The largest absolute Gasteiger partial charge is 0.298 e. The number of rotatable bonds is 1. The van der Waals surface area contributed by atoms with E-state index >= 15 is 0 Å². The molecular weight excluding hydrogens is 345 g/mol. The summed E-state index contributed by atoms with van der Waals surface area (Å²) in [5.41, 5.74) is 0.369. The molecule has 0 bridgehead atoms. The minimum atomic E-state index is -0.390. The van der Waals surface area contributed by atoms with Gasteiger partial charge in [0.05, 0.1) is 11.6 Å². The van der Waals surface area contributed by atoms with Gasteiger partial charge in [-0.3, -0.25) is 9.69 Å². The average molecular weight is 363 g/mol. The van der Waals surface area contributed by atoms with Crippen molar-refractivity contribution in [3.8, 4) is 0 Å². The lowest BCUT2D eigenvalue weighted by Gasteiger charge is -2.40. The third-order valence-corrected chi connectivity index (χ3v) is 4.98. The molecule has 0 aromatic heterocycles. The number of hydrogen-bond donors (Lipinski definition) is 0. The van der Waals surface area contributed by atoms with Gasteiger partial charge in [-0.05, 0) is 60.8 Å². The fourth-order valence-electron chi connectivity index (χ4n) is 2.53. The average Bonchev–Trinajstić information content (AvgIpc) is 2.33. The number of piperidine rings is 1. The lowest BCUT2D eigenvalue weighted by molar-refractivity contribution is -0.125. The predicted molar refractivity (Wildman–Crippen MR) is 82.8 cm³/mol. The summed E-state index contributed by atoms with van der Waals surface area (Å²) in [7, 11) is 0. The first kappa shape index (κ1) is 15.9. The van der Waals surface area contributed by atoms with Gasteiger partial charge in [-0.25, -0.2) is 4.39 Å². The van der Waals surface area contributed by atoms with Crippen molar-refractivity contribution in [2.24, 2.45) is 0 Å². The number of nitrogens with zero attached hydrogens (tertiary/aromatic N) is 1. The van der Waals surface area contributed by atoms with E-state index in [-0.39, 0.29) is 23.1 Å². The van der Waals surface area contributed by atoms with Gasteiger partial charge in [0.25, 0.3) is 0 Å². The quantitative estimate of drug-likeness (QED) is 0.690. The normalized spacial score (nSPS) is 21.3. The molecule has 1 aromatic carbocycles. The van der Waals surface area contributed by atoms with Crippen LogP contribution in [-0.2, 0) is 4.79 Å². The van der Waals surface area contributed by atoms with Gasteiger partial charge >= 0.3 is 0 Å². The summed E-state index contributed by atoms with van der Waals surface area (Å²) < 4.78 is 14.6. The van der Waals surface area contributed by atoms with E-state index < -0.39 is 0 Å².